The van der Waals surface area contributed by atoms with E-state index in [0.29, 0.717) is 23.7 Å². The summed E-state index contributed by atoms with van der Waals surface area (Å²) in [5.74, 6) is 5.91. The normalized spacial score (nSPS) is 11.5. The zero-order valence-electron chi connectivity index (χ0n) is 11.8. The lowest BCUT2D eigenvalue weighted by molar-refractivity contribution is -0.128. The van der Waals surface area contributed by atoms with Crippen LogP contribution in [0, 0.1) is 0 Å². The summed E-state index contributed by atoms with van der Waals surface area (Å²) < 4.78 is 11.3. The predicted molar refractivity (Wildman–Crippen MR) is 79.8 cm³/mol. The third-order valence-corrected chi connectivity index (χ3v) is 2.88. The van der Waals surface area contributed by atoms with Gasteiger partial charge in [0, 0.05) is 5.56 Å². The van der Waals surface area contributed by atoms with Gasteiger partial charge in [-0.2, -0.15) is 0 Å². The van der Waals surface area contributed by atoms with E-state index in [1.54, 1.807) is 12.1 Å². The maximum atomic E-state index is 12.0. The maximum absolute atomic E-state index is 12.0. The Hall–Kier alpha value is -2.53. The molecule has 2 rings (SSSR count). The molecule has 0 fully saturated rings. The summed E-state index contributed by atoms with van der Waals surface area (Å²) in [6, 6.07) is 16.4. The van der Waals surface area contributed by atoms with E-state index < -0.39 is 12.0 Å². The molecule has 1 atom stereocenters. The van der Waals surface area contributed by atoms with E-state index in [-0.39, 0.29) is 0 Å². The van der Waals surface area contributed by atoms with Crippen molar-refractivity contribution in [3.63, 3.8) is 0 Å². The Kier molecular flexibility index (Phi) is 5.17. The van der Waals surface area contributed by atoms with Crippen molar-refractivity contribution in [3.8, 4) is 11.5 Å². The molecule has 5 nitrogen and oxygen atoms in total. The minimum Gasteiger partial charge on any atom is -0.490 e. The third-order valence-electron chi connectivity index (χ3n) is 2.88. The molecule has 0 aliphatic rings. The number of ether oxygens (including phenoxy) is 2. The average molecular weight is 286 g/mol. The zero-order chi connectivity index (χ0) is 15.1. The number of benzene rings is 2. The van der Waals surface area contributed by atoms with Crippen molar-refractivity contribution in [1.82, 2.24) is 5.43 Å². The lowest BCUT2D eigenvalue weighted by Gasteiger charge is -2.19. The Labute approximate surface area is 123 Å². The van der Waals surface area contributed by atoms with Crippen LogP contribution in [0.3, 0.4) is 0 Å². The first-order valence-corrected chi connectivity index (χ1v) is 6.70. The van der Waals surface area contributed by atoms with Gasteiger partial charge in [-0.25, -0.2) is 5.84 Å². The highest BCUT2D eigenvalue weighted by Crippen LogP contribution is 2.31. The zero-order valence-corrected chi connectivity index (χ0v) is 11.8. The highest BCUT2D eigenvalue weighted by Gasteiger charge is 2.23. The molecule has 21 heavy (non-hydrogen) atoms. The van der Waals surface area contributed by atoms with Gasteiger partial charge in [-0.05, 0) is 19.1 Å². The molecule has 2 aromatic rings. The van der Waals surface area contributed by atoms with Gasteiger partial charge in [-0.3, -0.25) is 10.2 Å². The molecule has 0 aliphatic carbocycles. The molecule has 1 unspecified atom stereocenters. The van der Waals surface area contributed by atoms with Crippen molar-refractivity contribution in [2.24, 2.45) is 5.84 Å². The molecule has 0 bridgehead atoms. The molecular formula is C16H18N2O3. The Bertz CT molecular complexity index is 587. The summed E-state index contributed by atoms with van der Waals surface area (Å²) in [4.78, 5) is 12.0. The SMILES string of the molecule is CCOc1ccccc1OC(C(=O)NN)c1ccccc1. The number of rotatable bonds is 6. The van der Waals surface area contributed by atoms with Gasteiger partial charge in [0.05, 0.1) is 6.61 Å². The number of nitrogens with one attached hydrogen (secondary N) is 1. The lowest BCUT2D eigenvalue weighted by Crippen LogP contribution is -2.37. The van der Waals surface area contributed by atoms with Crippen molar-refractivity contribution in [1.29, 1.82) is 0 Å². The van der Waals surface area contributed by atoms with E-state index >= 15 is 0 Å². The van der Waals surface area contributed by atoms with Gasteiger partial charge in [0.2, 0.25) is 6.10 Å². The highest BCUT2D eigenvalue weighted by molar-refractivity contribution is 5.82. The number of carbonyl (C=O) groups excluding carboxylic acids is 1. The van der Waals surface area contributed by atoms with E-state index in [2.05, 4.69) is 5.43 Å². The van der Waals surface area contributed by atoms with Crippen molar-refractivity contribution in [3.05, 3.63) is 60.2 Å². The van der Waals surface area contributed by atoms with Crippen LogP contribution in [0.5, 0.6) is 11.5 Å². The summed E-state index contributed by atoms with van der Waals surface area (Å²) in [5.41, 5.74) is 2.85. The van der Waals surface area contributed by atoms with Gasteiger partial charge in [0.25, 0.3) is 5.91 Å². The second kappa shape index (κ2) is 7.31. The molecular weight excluding hydrogens is 268 g/mol. The summed E-state index contributed by atoms with van der Waals surface area (Å²) >= 11 is 0. The van der Waals surface area contributed by atoms with Crippen LogP contribution in [-0.2, 0) is 4.79 Å². The number of hydrogen-bond donors (Lipinski definition) is 2. The largest absolute Gasteiger partial charge is 0.490 e. The van der Waals surface area contributed by atoms with E-state index in [4.69, 9.17) is 15.3 Å². The van der Waals surface area contributed by atoms with Gasteiger partial charge in [-0.15, -0.1) is 0 Å². The molecule has 0 radical (unpaired) electrons. The summed E-state index contributed by atoms with van der Waals surface area (Å²) in [7, 11) is 0. The smallest absolute Gasteiger partial charge is 0.279 e. The van der Waals surface area contributed by atoms with Crippen LogP contribution in [0.4, 0.5) is 0 Å². The summed E-state index contributed by atoms with van der Waals surface area (Å²) in [6.45, 7) is 2.40. The first-order valence-electron chi connectivity index (χ1n) is 6.70. The number of hydrazine groups is 1. The van der Waals surface area contributed by atoms with Crippen molar-refractivity contribution >= 4 is 5.91 Å². The fraction of sp³-hybridized carbons (Fsp3) is 0.188. The van der Waals surface area contributed by atoms with Crippen molar-refractivity contribution in [2.75, 3.05) is 6.61 Å². The fourth-order valence-electron chi connectivity index (χ4n) is 1.93. The number of amides is 1. The number of nitrogens with two attached hydrogens (primary N) is 1. The monoisotopic (exact) mass is 286 g/mol. The Morgan fingerprint density at radius 3 is 2.33 bits per heavy atom. The highest BCUT2D eigenvalue weighted by atomic mass is 16.5. The molecule has 0 spiro atoms. The van der Waals surface area contributed by atoms with Crippen LogP contribution < -0.4 is 20.7 Å². The minimum atomic E-state index is -0.835. The fourth-order valence-corrected chi connectivity index (χ4v) is 1.93. The Balaban J connectivity index is 2.30. The van der Waals surface area contributed by atoms with Crippen molar-refractivity contribution < 1.29 is 14.3 Å². The third kappa shape index (κ3) is 3.73. The molecule has 0 heterocycles. The second-order valence-electron chi connectivity index (χ2n) is 4.30. The van der Waals surface area contributed by atoms with Gasteiger partial charge >= 0.3 is 0 Å². The number of carbonyl (C=O) groups is 1. The van der Waals surface area contributed by atoms with E-state index in [1.807, 2.05) is 49.4 Å². The molecule has 0 aliphatic heterocycles. The molecule has 110 valence electrons. The molecule has 2 aromatic carbocycles. The maximum Gasteiger partial charge on any atom is 0.279 e. The van der Waals surface area contributed by atoms with E-state index in [0.717, 1.165) is 0 Å². The quantitative estimate of drug-likeness (QED) is 0.485. The Morgan fingerprint density at radius 1 is 1.10 bits per heavy atom. The van der Waals surface area contributed by atoms with E-state index in [9.17, 15) is 4.79 Å². The van der Waals surface area contributed by atoms with E-state index in [1.165, 1.54) is 0 Å². The minimum absolute atomic E-state index is 0.424. The molecule has 0 saturated carbocycles. The average Bonchev–Trinajstić information content (AvgIpc) is 2.54. The van der Waals surface area contributed by atoms with Gasteiger partial charge in [-0.1, -0.05) is 42.5 Å². The van der Waals surface area contributed by atoms with Crippen LogP contribution in [0.15, 0.2) is 54.6 Å². The molecule has 0 saturated heterocycles. The Morgan fingerprint density at radius 2 is 1.71 bits per heavy atom. The van der Waals surface area contributed by atoms with Gasteiger partial charge in [0.1, 0.15) is 0 Å². The number of para-hydroxylation sites is 2. The molecule has 1 amide bonds. The molecule has 5 heteroatoms. The van der Waals surface area contributed by atoms with Crippen LogP contribution in [-0.4, -0.2) is 12.5 Å². The molecule has 3 N–H and O–H groups in total. The van der Waals surface area contributed by atoms with Crippen LogP contribution in [0.2, 0.25) is 0 Å². The van der Waals surface area contributed by atoms with Crippen LogP contribution in [0.1, 0.15) is 18.6 Å². The number of hydrogen-bond acceptors (Lipinski definition) is 4. The lowest BCUT2D eigenvalue weighted by atomic mass is 10.1. The van der Waals surface area contributed by atoms with Crippen LogP contribution >= 0.6 is 0 Å². The standard InChI is InChI=1S/C16H18N2O3/c1-2-20-13-10-6-7-11-14(13)21-15(16(19)18-17)12-8-4-3-5-9-12/h3-11,15H,2,17H2,1H3,(H,18,19). The molecule has 0 aromatic heterocycles. The van der Waals surface area contributed by atoms with Crippen LogP contribution in [0.25, 0.3) is 0 Å². The second-order valence-corrected chi connectivity index (χ2v) is 4.30. The summed E-state index contributed by atoms with van der Waals surface area (Å²) in [5, 5.41) is 0. The summed E-state index contributed by atoms with van der Waals surface area (Å²) in [6.07, 6.45) is -0.835. The first-order chi connectivity index (χ1) is 10.3. The topological polar surface area (TPSA) is 73.6 Å². The van der Waals surface area contributed by atoms with Gasteiger partial charge in [0.15, 0.2) is 11.5 Å². The first kappa shape index (κ1) is 14.9. The van der Waals surface area contributed by atoms with Gasteiger partial charge < -0.3 is 9.47 Å². The van der Waals surface area contributed by atoms with Crippen molar-refractivity contribution in [2.45, 2.75) is 13.0 Å². The predicted octanol–water partition coefficient (Wildman–Crippen LogP) is 2.20.